The van der Waals surface area contributed by atoms with E-state index in [1.54, 1.807) is 0 Å². The van der Waals surface area contributed by atoms with Crippen molar-refractivity contribution >= 4 is 32.6 Å². The molecule has 0 bridgehead atoms. The SMILES string of the molecule is O=C(NCCCNC1CC1)c1ccc2cc(Br)ccc2c1. The average molecular weight is 347 g/mol. The van der Waals surface area contributed by atoms with Crippen molar-refractivity contribution < 1.29 is 4.79 Å². The van der Waals surface area contributed by atoms with Gasteiger partial charge in [0.05, 0.1) is 0 Å². The highest BCUT2D eigenvalue weighted by atomic mass is 79.9. The molecule has 0 aliphatic heterocycles. The minimum Gasteiger partial charge on any atom is -0.352 e. The predicted molar refractivity (Wildman–Crippen MR) is 89.6 cm³/mol. The van der Waals surface area contributed by atoms with E-state index < -0.39 is 0 Å². The Balaban J connectivity index is 1.54. The molecule has 0 radical (unpaired) electrons. The third-order valence-corrected chi connectivity index (χ3v) is 4.21. The van der Waals surface area contributed by atoms with E-state index in [4.69, 9.17) is 0 Å². The predicted octanol–water partition coefficient (Wildman–Crippen LogP) is 3.47. The zero-order valence-electron chi connectivity index (χ0n) is 11.9. The highest BCUT2D eigenvalue weighted by Gasteiger charge is 2.19. The first-order valence-electron chi connectivity index (χ1n) is 7.43. The second-order valence-corrected chi connectivity index (χ2v) is 6.46. The van der Waals surface area contributed by atoms with E-state index in [1.165, 1.54) is 12.8 Å². The van der Waals surface area contributed by atoms with Crippen molar-refractivity contribution in [2.75, 3.05) is 13.1 Å². The number of carbonyl (C=O) groups is 1. The molecule has 0 saturated heterocycles. The van der Waals surface area contributed by atoms with Crippen molar-refractivity contribution in [3.05, 3.63) is 46.4 Å². The fourth-order valence-corrected chi connectivity index (χ4v) is 2.72. The summed E-state index contributed by atoms with van der Waals surface area (Å²) in [6.07, 6.45) is 3.59. The van der Waals surface area contributed by atoms with Crippen molar-refractivity contribution in [3.63, 3.8) is 0 Å². The molecule has 2 N–H and O–H groups in total. The Kier molecular flexibility index (Phi) is 4.56. The van der Waals surface area contributed by atoms with E-state index in [9.17, 15) is 4.79 Å². The van der Waals surface area contributed by atoms with Gasteiger partial charge >= 0.3 is 0 Å². The van der Waals surface area contributed by atoms with E-state index in [-0.39, 0.29) is 5.91 Å². The molecule has 0 aromatic heterocycles. The first-order chi connectivity index (χ1) is 10.2. The minimum atomic E-state index is 0.00578. The van der Waals surface area contributed by atoms with Crippen LogP contribution in [-0.4, -0.2) is 25.0 Å². The van der Waals surface area contributed by atoms with Gasteiger partial charge in [0, 0.05) is 22.6 Å². The maximum absolute atomic E-state index is 12.1. The lowest BCUT2D eigenvalue weighted by Crippen LogP contribution is -2.27. The van der Waals surface area contributed by atoms with E-state index in [0.29, 0.717) is 0 Å². The first kappa shape index (κ1) is 14.5. The van der Waals surface area contributed by atoms with Crippen molar-refractivity contribution in [3.8, 4) is 0 Å². The van der Waals surface area contributed by atoms with E-state index >= 15 is 0 Å². The summed E-state index contributed by atoms with van der Waals surface area (Å²) in [6, 6.07) is 12.6. The van der Waals surface area contributed by atoms with Crippen LogP contribution >= 0.6 is 15.9 Å². The Bertz CT molecular complexity index is 652. The lowest BCUT2D eigenvalue weighted by Gasteiger charge is -2.07. The van der Waals surface area contributed by atoms with Crippen molar-refractivity contribution in [1.29, 1.82) is 0 Å². The second kappa shape index (κ2) is 6.58. The fraction of sp³-hybridized carbons (Fsp3) is 0.353. The smallest absolute Gasteiger partial charge is 0.251 e. The summed E-state index contributed by atoms with van der Waals surface area (Å²) in [4.78, 5) is 12.1. The van der Waals surface area contributed by atoms with E-state index in [2.05, 4.69) is 32.6 Å². The second-order valence-electron chi connectivity index (χ2n) is 5.54. The maximum Gasteiger partial charge on any atom is 0.251 e. The van der Waals surface area contributed by atoms with Gasteiger partial charge in [0.2, 0.25) is 0 Å². The number of halogens is 1. The Morgan fingerprint density at radius 2 is 1.86 bits per heavy atom. The van der Waals surface area contributed by atoms with Crippen LogP contribution < -0.4 is 10.6 Å². The van der Waals surface area contributed by atoms with Crippen LogP contribution in [0.15, 0.2) is 40.9 Å². The summed E-state index contributed by atoms with van der Waals surface area (Å²) in [6.45, 7) is 1.70. The highest BCUT2D eigenvalue weighted by molar-refractivity contribution is 9.10. The van der Waals surface area contributed by atoms with Crippen molar-refractivity contribution in [1.82, 2.24) is 10.6 Å². The third-order valence-electron chi connectivity index (χ3n) is 3.71. The maximum atomic E-state index is 12.1. The molecule has 1 amide bonds. The number of rotatable bonds is 6. The van der Waals surface area contributed by atoms with E-state index in [0.717, 1.165) is 46.4 Å². The normalized spacial score (nSPS) is 14.3. The van der Waals surface area contributed by atoms with Crippen LogP contribution in [0.5, 0.6) is 0 Å². The zero-order valence-corrected chi connectivity index (χ0v) is 13.4. The third kappa shape index (κ3) is 4.05. The molecular formula is C17H19BrN2O. The van der Waals surface area contributed by atoms with Gasteiger partial charge < -0.3 is 10.6 Å². The molecule has 4 heteroatoms. The fourth-order valence-electron chi connectivity index (χ4n) is 2.34. The molecule has 1 saturated carbocycles. The summed E-state index contributed by atoms with van der Waals surface area (Å²) in [7, 11) is 0. The van der Waals surface area contributed by atoms with Gasteiger partial charge in [0.1, 0.15) is 0 Å². The topological polar surface area (TPSA) is 41.1 Å². The van der Waals surface area contributed by atoms with Gasteiger partial charge in [-0.3, -0.25) is 4.79 Å². The number of amides is 1. The van der Waals surface area contributed by atoms with Gasteiger partial charge in [-0.2, -0.15) is 0 Å². The van der Waals surface area contributed by atoms with Gasteiger partial charge in [-0.25, -0.2) is 0 Å². The highest BCUT2D eigenvalue weighted by Crippen LogP contribution is 2.21. The summed E-state index contributed by atoms with van der Waals surface area (Å²) < 4.78 is 1.05. The van der Waals surface area contributed by atoms with Crippen LogP contribution in [-0.2, 0) is 0 Å². The Hall–Kier alpha value is -1.39. The molecular weight excluding hydrogens is 328 g/mol. The largest absolute Gasteiger partial charge is 0.352 e. The first-order valence-corrected chi connectivity index (χ1v) is 8.22. The molecule has 0 unspecified atom stereocenters. The standard InChI is InChI=1S/C17H19BrN2O/c18-15-5-4-12-10-14(3-2-13(12)11-15)17(21)20-9-1-8-19-16-6-7-16/h2-5,10-11,16,19H,1,6-9H2,(H,20,21). The lowest BCUT2D eigenvalue weighted by molar-refractivity contribution is 0.0953. The number of nitrogens with one attached hydrogen (secondary N) is 2. The number of hydrogen-bond acceptors (Lipinski definition) is 2. The molecule has 1 aliphatic rings. The lowest BCUT2D eigenvalue weighted by atomic mass is 10.1. The summed E-state index contributed by atoms with van der Waals surface area (Å²) in [5.74, 6) is 0.00578. The molecule has 2 aromatic carbocycles. The molecule has 3 nitrogen and oxygen atoms in total. The molecule has 1 aliphatic carbocycles. The average Bonchev–Trinajstić information content (AvgIpc) is 3.30. The molecule has 110 valence electrons. The Morgan fingerprint density at radius 1 is 1.10 bits per heavy atom. The Labute approximate surface area is 133 Å². The summed E-state index contributed by atoms with van der Waals surface area (Å²) in [5.41, 5.74) is 0.722. The monoisotopic (exact) mass is 346 g/mol. The number of hydrogen-bond donors (Lipinski definition) is 2. The van der Waals surface area contributed by atoms with Crippen LogP contribution in [0.25, 0.3) is 10.8 Å². The molecule has 2 aromatic rings. The van der Waals surface area contributed by atoms with E-state index in [1.807, 2.05) is 30.3 Å². The van der Waals surface area contributed by atoms with Crippen molar-refractivity contribution in [2.45, 2.75) is 25.3 Å². The zero-order chi connectivity index (χ0) is 14.7. The number of carbonyl (C=O) groups excluding carboxylic acids is 1. The quantitative estimate of drug-likeness (QED) is 0.786. The summed E-state index contributed by atoms with van der Waals surface area (Å²) in [5, 5.41) is 8.64. The molecule has 3 rings (SSSR count). The van der Waals surface area contributed by atoms with Crippen LogP contribution in [0, 0.1) is 0 Å². The van der Waals surface area contributed by atoms with Gasteiger partial charge in [-0.15, -0.1) is 0 Å². The van der Waals surface area contributed by atoms with Crippen LogP contribution in [0.4, 0.5) is 0 Å². The van der Waals surface area contributed by atoms with Crippen LogP contribution in [0.3, 0.4) is 0 Å². The van der Waals surface area contributed by atoms with Crippen molar-refractivity contribution in [2.24, 2.45) is 0 Å². The molecule has 0 heterocycles. The molecule has 0 spiro atoms. The van der Waals surface area contributed by atoms with Crippen LogP contribution in [0.1, 0.15) is 29.6 Å². The molecule has 0 atom stereocenters. The van der Waals surface area contributed by atoms with Gasteiger partial charge in [0.25, 0.3) is 5.91 Å². The van der Waals surface area contributed by atoms with Crippen LogP contribution in [0.2, 0.25) is 0 Å². The van der Waals surface area contributed by atoms with Gasteiger partial charge in [-0.1, -0.05) is 28.1 Å². The minimum absolute atomic E-state index is 0.00578. The number of fused-ring (bicyclic) bond motifs is 1. The molecule has 1 fully saturated rings. The summed E-state index contributed by atoms with van der Waals surface area (Å²) >= 11 is 3.46. The Morgan fingerprint density at radius 3 is 2.67 bits per heavy atom. The van der Waals surface area contributed by atoms with Gasteiger partial charge in [0.15, 0.2) is 0 Å². The molecule has 21 heavy (non-hydrogen) atoms. The van der Waals surface area contributed by atoms with Gasteiger partial charge in [-0.05, 0) is 60.8 Å². The number of benzene rings is 2.